The van der Waals surface area contributed by atoms with Crippen molar-refractivity contribution in [1.29, 1.82) is 0 Å². The van der Waals surface area contributed by atoms with E-state index in [1.165, 1.54) is 16.0 Å². The third kappa shape index (κ3) is 11.4. The number of carbonyl (C=O) groups is 5. The molecule has 10 nitrogen and oxygen atoms in total. The van der Waals surface area contributed by atoms with E-state index in [-0.39, 0.29) is 48.8 Å². The number of likely N-dealkylation sites (tertiary alicyclic amines) is 1. The predicted molar refractivity (Wildman–Crippen MR) is 222 cm³/mol. The Morgan fingerprint density at radius 2 is 1.53 bits per heavy atom. The number of hydrogen-bond donors (Lipinski definition) is 0. The Morgan fingerprint density at radius 1 is 0.793 bits per heavy atom. The molecule has 1 saturated heterocycles. The van der Waals surface area contributed by atoms with E-state index in [1.807, 2.05) is 44.2 Å². The molecule has 0 aromatic heterocycles. The summed E-state index contributed by atoms with van der Waals surface area (Å²) >= 11 is 0. The van der Waals surface area contributed by atoms with E-state index in [4.69, 9.17) is 18.9 Å². The zero-order valence-corrected chi connectivity index (χ0v) is 35.2. The van der Waals surface area contributed by atoms with Crippen molar-refractivity contribution in [3.63, 3.8) is 0 Å². The SMILES string of the molecule is CC[C@H](C(=O)C1CCCC[C@H]1C(=O)O[C@H](CCc1ccc(C)c(C)c1)c1cccc(OCC(=O)CCCCCN2C(=O)CCC2=O)c1)c1cc(C)c(OC)c(OC)c1. The van der Waals surface area contributed by atoms with Crippen LogP contribution in [0.25, 0.3) is 0 Å². The minimum atomic E-state index is -0.601. The average Bonchev–Trinajstić information content (AvgIpc) is 3.55. The molecule has 58 heavy (non-hydrogen) atoms. The molecule has 0 radical (unpaired) electrons. The number of carbonyl (C=O) groups excluding carboxylic acids is 5. The van der Waals surface area contributed by atoms with E-state index in [0.29, 0.717) is 75.2 Å². The number of ether oxygens (including phenoxy) is 4. The van der Waals surface area contributed by atoms with E-state index in [1.54, 1.807) is 20.3 Å². The lowest BCUT2D eigenvalue weighted by Crippen LogP contribution is -2.37. The number of imide groups is 1. The molecule has 1 heterocycles. The number of Topliss-reactive ketones (excluding diaryl/α,β-unsaturated/α-hetero) is 2. The van der Waals surface area contributed by atoms with Gasteiger partial charge in [0.1, 0.15) is 24.2 Å². The molecule has 1 unspecified atom stereocenters. The molecule has 312 valence electrons. The van der Waals surface area contributed by atoms with Gasteiger partial charge >= 0.3 is 5.97 Å². The Labute approximate surface area is 344 Å². The molecule has 0 bridgehead atoms. The number of methoxy groups -OCH3 is 2. The molecule has 10 heteroatoms. The maximum atomic E-state index is 14.4. The summed E-state index contributed by atoms with van der Waals surface area (Å²) in [5.74, 6) is -0.289. The summed E-state index contributed by atoms with van der Waals surface area (Å²) < 4.78 is 23.6. The summed E-state index contributed by atoms with van der Waals surface area (Å²) in [5.41, 5.74) is 6.05. The van der Waals surface area contributed by atoms with Gasteiger partial charge in [0.2, 0.25) is 11.8 Å². The summed E-state index contributed by atoms with van der Waals surface area (Å²) in [6.07, 6.45) is 7.07. The van der Waals surface area contributed by atoms with Crippen molar-refractivity contribution in [1.82, 2.24) is 4.90 Å². The molecule has 5 rings (SSSR count). The Morgan fingerprint density at radius 3 is 2.22 bits per heavy atom. The molecule has 1 aliphatic carbocycles. The van der Waals surface area contributed by atoms with Crippen LogP contribution in [0.1, 0.15) is 129 Å². The van der Waals surface area contributed by atoms with Gasteiger partial charge in [-0.2, -0.15) is 0 Å². The fourth-order valence-corrected chi connectivity index (χ4v) is 8.46. The van der Waals surface area contributed by atoms with Crippen LogP contribution in [0.3, 0.4) is 0 Å². The van der Waals surface area contributed by atoms with Gasteiger partial charge in [0.15, 0.2) is 17.3 Å². The lowest BCUT2D eigenvalue weighted by Gasteiger charge is -2.33. The number of amides is 2. The lowest BCUT2D eigenvalue weighted by molar-refractivity contribution is -0.160. The number of hydrogen-bond acceptors (Lipinski definition) is 9. The van der Waals surface area contributed by atoms with Crippen LogP contribution in [-0.2, 0) is 35.1 Å². The number of aryl methyl sites for hydroxylation is 4. The van der Waals surface area contributed by atoms with Gasteiger partial charge in [-0.15, -0.1) is 0 Å². The molecule has 1 aliphatic heterocycles. The zero-order chi connectivity index (χ0) is 41.8. The largest absolute Gasteiger partial charge is 0.493 e. The third-order valence-corrected chi connectivity index (χ3v) is 11.9. The lowest BCUT2D eigenvalue weighted by atomic mass is 9.72. The molecule has 4 atom stereocenters. The van der Waals surface area contributed by atoms with Gasteiger partial charge in [-0.25, -0.2) is 0 Å². The summed E-state index contributed by atoms with van der Waals surface area (Å²) in [7, 11) is 3.19. The maximum Gasteiger partial charge on any atom is 0.310 e. The van der Waals surface area contributed by atoms with Gasteiger partial charge in [-0.05, 0) is 117 Å². The molecule has 2 amide bonds. The van der Waals surface area contributed by atoms with Crippen molar-refractivity contribution in [2.45, 2.75) is 123 Å². The zero-order valence-electron chi connectivity index (χ0n) is 35.2. The highest BCUT2D eigenvalue weighted by molar-refractivity contribution is 6.01. The Hall–Kier alpha value is -4.99. The number of ketones is 2. The van der Waals surface area contributed by atoms with Gasteiger partial charge < -0.3 is 18.9 Å². The Kier molecular flexibility index (Phi) is 16.1. The molecule has 2 aliphatic rings. The maximum absolute atomic E-state index is 14.4. The second-order valence-corrected chi connectivity index (χ2v) is 16.0. The number of unbranched alkanes of at least 4 members (excludes halogenated alkanes) is 2. The summed E-state index contributed by atoms with van der Waals surface area (Å²) in [6.45, 7) is 8.42. The Balaban J connectivity index is 1.27. The third-order valence-electron chi connectivity index (χ3n) is 11.9. The molecule has 3 aromatic carbocycles. The van der Waals surface area contributed by atoms with Gasteiger partial charge in [0, 0.05) is 37.6 Å². The van der Waals surface area contributed by atoms with Crippen molar-refractivity contribution in [3.8, 4) is 17.2 Å². The van der Waals surface area contributed by atoms with Crippen LogP contribution in [0.4, 0.5) is 0 Å². The normalized spacial score (nSPS) is 17.8. The van der Waals surface area contributed by atoms with E-state index in [9.17, 15) is 24.0 Å². The van der Waals surface area contributed by atoms with Crippen molar-refractivity contribution in [2.75, 3.05) is 27.4 Å². The second-order valence-electron chi connectivity index (χ2n) is 16.0. The Bertz CT molecular complexity index is 1920. The van der Waals surface area contributed by atoms with Crippen LogP contribution in [0, 0.1) is 32.6 Å². The van der Waals surface area contributed by atoms with Crippen LogP contribution in [0.15, 0.2) is 54.6 Å². The highest BCUT2D eigenvalue weighted by Crippen LogP contribution is 2.41. The highest BCUT2D eigenvalue weighted by atomic mass is 16.5. The van der Waals surface area contributed by atoms with Crippen LogP contribution < -0.4 is 14.2 Å². The van der Waals surface area contributed by atoms with E-state index < -0.39 is 23.9 Å². The van der Waals surface area contributed by atoms with E-state index in [2.05, 4.69) is 32.0 Å². The van der Waals surface area contributed by atoms with Crippen LogP contribution >= 0.6 is 0 Å². The highest BCUT2D eigenvalue weighted by Gasteiger charge is 2.40. The van der Waals surface area contributed by atoms with Gasteiger partial charge in [-0.3, -0.25) is 28.9 Å². The van der Waals surface area contributed by atoms with Crippen LogP contribution in [0.5, 0.6) is 17.2 Å². The summed E-state index contributed by atoms with van der Waals surface area (Å²) in [4.78, 5) is 66.5. The molecule has 0 N–H and O–H groups in total. The first-order valence-electron chi connectivity index (χ1n) is 21.0. The second kappa shape index (κ2) is 21.1. The topological polar surface area (TPSA) is 126 Å². The van der Waals surface area contributed by atoms with E-state index >= 15 is 0 Å². The molecule has 2 fully saturated rings. The van der Waals surface area contributed by atoms with Crippen molar-refractivity contribution >= 4 is 29.4 Å². The number of nitrogens with zero attached hydrogens (tertiary/aromatic N) is 1. The first kappa shape index (κ1) is 44.1. The minimum Gasteiger partial charge on any atom is -0.493 e. The van der Waals surface area contributed by atoms with Crippen molar-refractivity contribution in [3.05, 3.63) is 88.0 Å². The minimum absolute atomic E-state index is 0.0434. The summed E-state index contributed by atoms with van der Waals surface area (Å²) in [5, 5.41) is 0. The first-order valence-corrected chi connectivity index (χ1v) is 21.0. The van der Waals surface area contributed by atoms with Gasteiger partial charge in [0.05, 0.1) is 20.1 Å². The smallest absolute Gasteiger partial charge is 0.310 e. The molecule has 0 spiro atoms. The fourth-order valence-electron chi connectivity index (χ4n) is 8.46. The monoisotopic (exact) mass is 795 g/mol. The number of rotatable bonds is 21. The average molecular weight is 796 g/mol. The van der Waals surface area contributed by atoms with Crippen LogP contribution in [0.2, 0.25) is 0 Å². The van der Waals surface area contributed by atoms with E-state index in [0.717, 1.165) is 41.5 Å². The summed E-state index contributed by atoms with van der Waals surface area (Å²) in [6, 6.07) is 17.6. The predicted octanol–water partition coefficient (Wildman–Crippen LogP) is 9.07. The van der Waals surface area contributed by atoms with Crippen molar-refractivity contribution < 1.29 is 42.9 Å². The van der Waals surface area contributed by atoms with Gasteiger partial charge in [0.25, 0.3) is 0 Å². The fraction of sp³-hybridized carbons (Fsp3) is 0.521. The first-order chi connectivity index (χ1) is 27.9. The van der Waals surface area contributed by atoms with Crippen molar-refractivity contribution in [2.24, 2.45) is 11.8 Å². The standard InChI is InChI=1S/C48H61NO9/c1-7-39(36-27-33(4)47(56-6)43(29-36)55-5)46(53)40-17-10-11-18-41(40)48(54)58-42(22-21-34-20-19-31(2)32(3)26-34)35-14-13-16-38(28-35)57-30-37(50)15-9-8-12-25-49-44(51)23-24-45(49)52/h13-14,16,19-20,26-29,39-42H,7-12,15,17-18,21-25,30H2,1-6H3/t39-,40?,41+,42+/m0/s1. The van der Waals surface area contributed by atoms with Gasteiger partial charge in [-0.1, -0.05) is 62.6 Å². The molecule has 3 aromatic rings. The molecule has 1 saturated carbocycles. The number of esters is 1. The number of benzene rings is 3. The quantitative estimate of drug-likeness (QED) is 0.0590. The molecular formula is C48H61NO9. The van der Waals surface area contributed by atoms with Crippen LogP contribution in [-0.4, -0.2) is 61.6 Å². The molecular weight excluding hydrogens is 735 g/mol.